The van der Waals surface area contributed by atoms with Crippen LogP contribution in [0.1, 0.15) is 24.5 Å². The Kier molecular flexibility index (Phi) is 4.29. The zero-order chi connectivity index (χ0) is 19.2. The van der Waals surface area contributed by atoms with Gasteiger partial charge in [0, 0.05) is 27.7 Å². The highest BCUT2D eigenvalue weighted by molar-refractivity contribution is 7.91. The zero-order valence-corrected chi connectivity index (χ0v) is 16.0. The van der Waals surface area contributed by atoms with Crippen molar-refractivity contribution in [2.24, 2.45) is 5.14 Å². The molecule has 3 aromatic rings. The predicted molar refractivity (Wildman–Crippen MR) is 102 cm³/mol. The quantitative estimate of drug-likeness (QED) is 0.540. The number of anilines is 2. The highest BCUT2D eigenvalue weighted by atomic mass is 32.2. The standard InChI is InChI=1S/C16H17N6O3S2/c1-22(23)12-5-4-10(13-6-7-15(26-13)27(17,24)25)18-16(12)19-14-8-11(20-21-14)9-2-3-9/h4-9H,2-3H2,1H3,(H2,17,24,25)(H2,18,19,20,21)/q+1. The van der Waals surface area contributed by atoms with Crippen LogP contribution >= 0.6 is 11.3 Å². The largest absolute Gasteiger partial charge is 0.320 e. The van der Waals surface area contributed by atoms with Crippen molar-refractivity contribution >= 4 is 38.7 Å². The number of nitrogens with one attached hydrogen (secondary N) is 2. The van der Waals surface area contributed by atoms with Crippen LogP contribution < -0.4 is 10.5 Å². The summed E-state index contributed by atoms with van der Waals surface area (Å²) in [6.07, 6.45) is 2.27. The Morgan fingerprint density at radius 2 is 2.07 bits per heavy atom. The van der Waals surface area contributed by atoms with Crippen LogP contribution in [0.15, 0.2) is 34.5 Å². The molecule has 1 fully saturated rings. The van der Waals surface area contributed by atoms with Crippen molar-refractivity contribution in [3.05, 3.63) is 40.9 Å². The topological polar surface area (TPSA) is 134 Å². The average Bonchev–Trinajstić information content (AvgIpc) is 3.14. The summed E-state index contributed by atoms with van der Waals surface area (Å²) in [6, 6.07) is 8.28. The van der Waals surface area contributed by atoms with Crippen LogP contribution in [0.4, 0.5) is 17.3 Å². The Bertz CT molecular complexity index is 1130. The summed E-state index contributed by atoms with van der Waals surface area (Å²) in [4.78, 5) is 17.0. The second kappa shape index (κ2) is 6.51. The summed E-state index contributed by atoms with van der Waals surface area (Å²) in [5.74, 6) is 1.49. The molecule has 9 nitrogen and oxygen atoms in total. The second-order valence-corrected chi connectivity index (χ2v) is 9.20. The van der Waals surface area contributed by atoms with Crippen LogP contribution in [-0.2, 0) is 10.0 Å². The van der Waals surface area contributed by atoms with Crippen molar-refractivity contribution in [2.75, 3.05) is 12.4 Å². The number of rotatable bonds is 6. The van der Waals surface area contributed by atoms with Gasteiger partial charge in [-0.3, -0.25) is 5.10 Å². The summed E-state index contributed by atoms with van der Waals surface area (Å²) in [6.45, 7) is 0. The van der Waals surface area contributed by atoms with Gasteiger partial charge < -0.3 is 5.32 Å². The van der Waals surface area contributed by atoms with E-state index in [1.165, 1.54) is 13.1 Å². The van der Waals surface area contributed by atoms with E-state index < -0.39 is 10.0 Å². The number of nitrogens with zero attached hydrogens (tertiary/aromatic N) is 3. The minimum Gasteiger partial charge on any atom is -0.320 e. The number of pyridine rings is 1. The minimum absolute atomic E-state index is 0.0569. The number of sulfonamides is 1. The Hall–Kier alpha value is -2.63. The Labute approximate surface area is 159 Å². The Morgan fingerprint density at radius 3 is 2.70 bits per heavy atom. The van der Waals surface area contributed by atoms with E-state index in [1.807, 2.05) is 6.07 Å². The molecule has 1 aliphatic carbocycles. The van der Waals surface area contributed by atoms with Gasteiger partial charge in [-0.1, -0.05) is 0 Å². The maximum absolute atomic E-state index is 11.9. The molecular weight excluding hydrogens is 388 g/mol. The van der Waals surface area contributed by atoms with E-state index in [0.717, 1.165) is 29.9 Å². The summed E-state index contributed by atoms with van der Waals surface area (Å²) < 4.78 is 23.7. The lowest BCUT2D eigenvalue weighted by atomic mass is 10.2. The minimum atomic E-state index is -3.77. The summed E-state index contributed by atoms with van der Waals surface area (Å²) >= 11 is 1.02. The van der Waals surface area contributed by atoms with E-state index in [1.54, 1.807) is 18.2 Å². The maximum Gasteiger partial charge on any atom is 0.298 e. The molecule has 0 atom stereocenters. The molecule has 0 aliphatic heterocycles. The maximum atomic E-state index is 11.9. The molecule has 0 saturated heterocycles. The van der Waals surface area contributed by atoms with Gasteiger partial charge in [-0.15, -0.1) is 11.3 Å². The first kappa shape index (κ1) is 17.8. The molecule has 11 heteroatoms. The second-order valence-electron chi connectivity index (χ2n) is 6.33. The molecule has 4 N–H and O–H groups in total. The van der Waals surface area contributed by atoms with Gasteiger partial charge in [0.1, 0.15) is 10.0 Å². The van der Waals surface area contributed by atoms with E-state index in [9.17, 15) is 13.3 Å². The van der Waals surface area contributed by atoms with Crippen molar-refractivity contribution in [3.8, 4) is 10.6 Å². The number of nitrogens with two attached hydrogens (primary N) is 1. The lowest BCUT2D eigenvalue weighted by Crippen LogP contribution is -2.09. The molecule has 0 spiro atoms. The number of aromatic nitrogens is 3. The summed E-state index contributed by atoms with van der Waals surface area (Å²) in [5.41, 5.74) is 1.87. The summed E-state index contributed by atoms with van der Waals surface area (Å²) in [7, 11) is -2.38. The Balaban J connectivity index is 1.69. The van der Waals surface area contributed by atoms with Gasteiger partial charge in [-0.25, -0.2) is 18.5 Å². The molecule has 1 saturated carbocycles. The first-order valence-corrected chi connectivity index (χ1v) is 10.5. The molecule has 0 amide bonds. The van der Waals surface area contributed by atoms with E-state index in [0.29, 0.717) is 38.6 Å². The van der Waals surface area contributed by atoms with Crippen LogP contribution in [0, 0.1) is 4.91 Å². The molecule has 3 aromatic heterocycles. The van der Waals surface area contributed by atoms with Crippen molar-refractivity contribution in [1.82, 2.24) is 15.2 Å². The van der Waals surface area contributed by atoms with Crippen molar-refractivity contribution in [3.63, 3.8) is 0 Å². The first-order chi connectivity index (χ1) is 12.8. The number of H-pyrrole nitrogens is 1. The van der Waals surface area contributed by atoms with Crippen LogP contribution in [0.25, 0.3) is 10.6 Å². The smallest absolute Gasteiger partial charge is 0.298 e. The third-order valence-corrected chi connectivity index (χ3v) is 6.72. The molecule has 3 heterocycles. The van der Waals surface area contributed by atoms with Crippen molar-refractivity contribution < 1.29 is 13.2 Å². The van der Waals surface area contributed by atoms with Gasteiger partial charge in [-0.05, 0) is 31.0 Å². The molecule has 27 heavy (non-hydrogen) atoms. The monoisotopic (exact) mass is 405 g/mol. The Morgan fingerprint density at radius 1 is 1.30 bits per heavy atom. The lowest BCUT2D eigenvalue weighted by Gasteiger charge is -2.05. The van der Waals surface area contributed by atoms with E-state index in [2.05, 4.69) is 20.5 Å². The fourth-order valence-electron chi connectivity index (χ4n) is 2.66. The highest BCUT2D eigenvalue weighted by Gasteiger charge is 2.27. The molecule has 1 aliphatic rings. The zero-order valence-electron chi connectivity index (χ0n) is 14.3. The number of hydrogen-bond donors (Lipinski definition) is 3. The van der Waals surface area contributed by atoms with Gasteiger partial charge in [0.2, 0.25) is 15.8 Å². The first-order valence-electron chi connectivity index (χ1n) is 8.18. The van der Waals surface area contributed by atoms with Gasteiger partial charge in [0.05, 0.1) is 16.3 Å². The lowest BCUT2D eigenvalue weighted by molar-refractivity contribution is -0.427. The molecular formula is C16H17N6O3S2+. The average molecular weight is 405 g/mol. The van der Waals surface area contributed by atoms with Crippen molar-refractivity contribution in [1.29, 1.82) is 0 Å². The van der Waals surface area contributed by atoms with Crippen molar-refractivity contribution in [2.45, 2.75) is 23.0 Å². The fourth-order valence-corrected chi connectivity index (χ4v) is 4.36. The van der Waals surface area contributed by atoms with Gasteiger partial charge in [-0.2, -0.15) is 5.10 Å². The van der Waals surface area contributed by atoms with Gasteiger partial charge >= 0.3 is 0 Å². The molecule has 0 radical (unpaired) electrons. The van der Waals surface area contributed by atoms with Crippen LogP contribution in [-0.4, -0.2) is 35.4 Å². The number of aromatic amines is 1. The number of primary sulfonamides is 1. The highest BCUT2D eigenvalue weighted by Crippen LogP contribution is 2.40. The third-order valence-electron chi connectivity index (χ3n) is 4.17. The van der Waals surface area contributed by atoms with Crippen LogP contribution in [0.2, 0.25) is 0 Å². The third kappa shape index (κ3) is 3.75. The SMILES string of the molecule is C[N+](=O)c1ccc(-c2ccc(S(N)(=O)=O)s2)nc1Nc1cc(C2CC2)n[nH]1. The van der Waals surface area contributed by atoms with E-state index in [4.69, 9.17) is 5.14 Å². The summed E-state index contributed by atoms with van der Waals surface area (Å²) in [5, 5.41) is 15.4. The molecule has 0 bridgehead atoms. The van der Waals surface area contributed by atoms with Crippen LogP contribution in [0.5, 0.6) is 0 Å². The molecule has 0 aromatic carbocycles. The van der Waals surface area contributed by atoms with Gasteiger partial charge in [0.25, 0.3) is 5.69 Å². The molecule has 4 rings (SSSR count). The predicted octanol–water partition coefficient (Wildman–Crippen LogP) is 2.84. The number of thiophene rings is 1. The van der Waals surface area contributed by atoms with E-state index >= 15 is 0 Å². The number of nitroso groups, excluding NO2 is 1. The number of hydrogen-bond acceptors (Lipinski definition) is 7. The normalized spacial score (nSPS) is 14.3. The molecule has 140 valence electrons. The fraction of sp³-hybridized carbons (Fsp3) is 0.250. The molecule has 0 unspecified atom stereocenters. The van der Waals surface area contributed by atoms with E-state index in [-0.39, 0.29) is 4.21 Å². The van der Waals surface area contributed by atoms with Gasteiger partial charge in [0.15, 0.2) is 7.05 Å². The van der Waals surface area contributed by atoms with Crippen LogP contribution in [0.3, 0.4) is 0 Å².